The van der Waals surface area contributed by atoms with Gasteiger partial charge in [-0.05, 0) is 90.6 Å². The second kappa shape index (κ2) is 9.51. The van der Waals surface area contributed by atoms with Gasteiger partial charge in [0.05, 0.1) is 6.54 Å². The van der Waals surface area contributed by atoms with Gasteiger partial charge in [-0.1, -0.05) is 23.7 Å². The fraction of sp³-hybridized carbons (Fsp3) is 0.160. The Morgan fingerprint density at radius 3 is 2.66 bits per heavy atom. The van der Waals surface area contributed by atoms with E-state index in [9.17, 15) is 4.79 Å². The number of nitrogens with one attached hydrogen (secondary N) is 2. The number of nitrogens with zero attached hydrogens (tertiary/aromatic N) is 2. The average molecular weight is 463 g/mol. The number of hydrogen-bond acceptors (Lipinski definition) is 3. The normalized spacial score (nSPS) is 10.8. The molecular formula is C25H23ClN4OS. The fourth-order valence-corrected chi connectivity index (χ4v) is 3.96. The van der Waals surface area contributed by atoms with E-state index in [2.05, 4.69) is 28.3 Å². The maximum Gasteiger partial charge on any atom is 0.253 e. The first-order valence-corrected chi connectivity index (χ1v) is 11.0. The minimum absolute atomic E-state index is 0.123. The number of halogens is 1. The Balaban J connectivity index is 1.66. The monoisotopic (exact) mass is 462 g/mol. The van der Waals surface area contributed by atoms with Crippen LogP contribution in [0.5, 0.6) is 0 Å². The molecule has 5 nitrogen and oxygen atoms in total. The van der Waals surface area contributed by atoms with Gasteiger partial charge >= 0.3 is 0 Å². The molecule has 0 aliphatic rings. The van der Waals surface area contributed by atoms with Crippen LogP contribution < -0.4 is 10.9 Å². The molecule has 4 rings (SSSR count). The lowest BCUT2D eigenvalue weighted by Gasteiger charge is -2.26. The van der Waals surface area contributed by atoms with Crippen molar-refractivity contribution < 1.29 is 0 Å². The maximum atomic E-state index is 12.9. The lowest BCUT2D eigenvalue weighted by molar-refractivity contribution is 0.410. The third-order valence-electron chi connectivity index (χ3n) is 5.36. The van der Waals surface area contributed by atoms with Gasteiger partial charge in [0, 0.05) is 40.7 Å². The largest absolute Gasteiger partial charge is 0.340 e. The second-order valence-corrected chi connectivity index (χ2v) is 8.63. The molecule has 0 saturated carbocycles. The zero-order valence-electron chi connectivity index (χ0n) is 17.9. The highest BCUT2D eigenvalue weighted by molar-refractivity contribution is 7.80. The summed E-state index contributed by atoms with van der Waals surface area (Å²) in [6.45, 7) is 4.96. The number of aromatic nitrogens is 2. The van der Waals surface area contributed by atoms with Crippen LogP contribution in [-0.4, -0.2) is 20.0 Å². The highest BCUT2D eigenvalue weighted by Gasteiger charge is 2.15. The van der Waals surface area contributed by atoms with Crippen molar-refractivity contribution >= 4 is 45.5 Å². The Bertz CT molecular complexity index is 1340. The molecule has 0 bridgehead atoms. The van der Waals surface area contributed by atoms with Crippen molar-refractivity contribution in [1.82, 2.24) is 14.9 Å². The number of rotatable bonds is 5. The number of H-pyrrole nitrogens is 1. The molecule has 0 radical (unpaired) electrons. The van der Waals surface area contributed by atoms with Gasteiger partial charge in [0.25, 0.3) is 5.56 Å². The SMILES string of the molecule is Cc1cc2cc(CN(Cc3cccnc3)C(=S)Nc3cccc(Cl)c3)c(=O)[nH]c2cc1C. The highest BCUT2D eigenvalue weighted by atomic mass is 35.5. The molecule has 0 unspecified atom stereocenters. The molecule has 0 atom stereocenters. The van der Waals surface area contributed by atoms with E-state index in [1.54, 1.807) is 12.4 Å². The quantitative estimate of drug-likeness (QED) is 0.378. The summed E-state index contributed by atoms with van der Waals surface area (Å²) in [5, 5.41) is 5.35. The van der Waals surface area contributed by atoms with Gasteiger partial charge in [-0.15, -0.1) is 0 Å². The van der Waals surface area contributed by atoms with Gasteiger partial charge in [0.2, 0.25) is 0 Å². The van der Waals surface area contributed by atoms with Crippen LogP contribution in [0.4, 0.5) is 5.69 Å². The molecule has 2 N–H and O–H groups in total. The number of pyridine rings is 2. The molecule has 32 heavy (non-hydrogen) atoms. The molecular weight excluding hydrogens is 440 g/mol. The van der Waals surface area contributed by atoms with Crippen LogP contribution in [0.3, 0.4) is 0 Å². The lowest BCUT2D eigenvalue weighted by Crippen LogP contribution is -2.35. The summed E-state index contributed by atoms with van der Waals surface area (Å²) in [4.78, 5) is 22.0. The van der Waals surface area contributed by atoms with Crippen LogP contribution in [0.1, 0.15) is 22.3 Å². The van der Waals surface area contributed by atoms with Gasteiger partial charge in [0.15, 0.2) is 5.11 Å². The van der Waals surface area contributed by atoms with E-state index in [4.69, 9.17) is 23.8 Å². The van der Waals surface area contributed by atoms with E-state index in [1.807, 2.05) is 60.4 Å². The van der Waals surface area contributed by atoms with E-state index in [0.717, 1.165) is 27.7 Å². The molecule has 7 heteroatoms. The van der Waals surface area contributed by atoms with E-state index in [1.165, 1.54) is 5.56 Å². The lowest BCUT2D eigenvalue weighted by atomic mass is 10.0. The van der Waals surface area contributed by atoms with Crippen LogP contribution >= 0.6 is 23.8 Å². The van der Waals surface area contributed by atoms with Crippen LogP contribution in [0.15, 0.2) is 71.8 Å². The number of anilines is 1. The summed E-state index contributed by atoms with van der Waals surface area (Å²) in [6, 6.07) is 17.3. The molecule has 0 aliphatic carbocycles. The summed E-state index contributed by atoms with van der Waals surface area (Å²) in [7, 11) is 0. The first-order valence-electron chi connectivity index (χ1n) is 10.2. The van der Waals surface area contributed by atoms with Gasteiger partial charge in [0.1, 0.15) is 0 Å². The van der Waals surface area contributed by atoms with Gasteiger partial charge < -0.3 is 15.2 Å². The standard InChI is InChI=1S/C25H23ClN4OS/c1-16-9-19-11-20(24(31)29-23(19)10-17(16)2)15-30(14-18-5-4-8-27-13-18)25(32)28-22-7-3-6-21(26)12-22/h3-13H,14-15H2,1-2H3,(H,28,32)(H,29,31). The second-order valence-electron chi connectivity index (χ2n) is 7.81. The number of aryl methyl sites for hydroxylation is 2. The molecule has 0 amide bonds. The van der Waals surface area contributed by atoms with Crippen LogP contribution in [0, 0.1) is 13.8 Å². The molecule has 2 aromatic heterocycles. The minimum Gasteiger partial charge on any atom is -0.340 e. The predicted molar refractivity (Wildman–Crippen MR) is 135 cm³/mol. The predicted octanol–water partition coefficient (Wildman–Crippen LogP) is 5.59. The van der Waals surface area contributed by atoms with Crippen molar-refractivity contribution in [2.75, 3.05) is 5.32 Å². The first-order chi connectivity index (χ1) is 15.4. The molecule has 0 aliphatic heterocycles. The van der Waals surface area contributed by atoms with Crippen molar-refractivity contribution in [3.63, 3.8) is 0 Å². The van der Waals surface area contributed by atoms with E-state index < -0.39 is 0 Å². The molecule has 0 fully saturated rings. The summed E-state index contributed by atoms with van der Waals surface area (Å²) in [6.07, 6.45) is 3.53. The number of thiocarbonyl (C=S) groups is 1. The molecule has 4 aromatic rings. The first kappa shape index (κ1) is 22.0. The Labute approximate surface area is 197 Å². The molecule has 0 saturated heterocycles. The zero-order valence-corrected chi connectivity index (χ0v) is 19.4. The summed E-state index contributed by atoms with van der Waals surface area (Å²) >= 11 is 11.8. The Hall–Kier alpha value is -3.22. The van der Waals surface area contributed by atoms with Crippen molar-refractivity contribution in [3.05, 3.63) is 105 Å². The third-order valence-corrected chi connectivity index (χ3v) is 5.95. The average Bonchev–Trinajstić information content (AvgIpc) is 2.76. The van der Waals surface area contributed by atoms with E-state index >= 15 is 0 Å². The Morgan fingerprint density at radius 1 is 1.09 bits per heavy atom. The maximum absolute atomic E-state index is 12.9. The van der Waals surface area contributed by atoms with Gasteiger partial charge in [-0.3, -0.25) is 9.78 Å². The van der Waals surface area contributed by atoms with Crippen LogP contribution in [0.25, 0.3) is 10.9 Å². The van der Waals surface area contributed by atoms with Crippen molar-refractivity contribution in [2.45, 2.75) is 26.9 Å². The number of benzene rings is 2. The third kappa shape index (κ3) is 5.15. The van der Waals surface area contributed by atoms with Gasteiger partial charge in [-0.2, -0.15) is 0 Å². The molecule has 162 valence electrons. The Kier molecular flexibility index (Phi) is 6.53. The topological polar surface area (TPSA) is 61.0 Å². The minimum atomic E-state index is -0.123. The van der Waals surface area contributed by atoms with E-state index in [0.29, 0.717) is 28.8 Å². The van der Waals surface area contributed by atoms with E-state index in [-0.39, 0.29) is 5.56 Å². The molecule has 2 heterocycles. The molecule has 2 aromatic carbocycles. The van der Waals surface area contributed by atoms with Crippen molar-refractivity contribution in [3.8, 4) is 0 Å². The van der Waals surface area contributed by atoms with Crippen LogP contribution in [-0.2, 0) is 13.1 Å². The van der Waals surface area contributed by atoms with Gasteiger partial charge in [-0.25, -0.2) is 0 Å². The highest BCUT2D eigenvalue weighted by Crippen LogP contribution is 2.20. The number of hydrogen-bond donors (Lipinski definition) is 2. The fourth-order valence-electron chi connectivity index (χ4n) is 3.53. The summed E-state index contributed by atoms with van der Waals surface area (Å²) in [5.74, 6) is 0. The molecule has 0 spiro atoms. The summed E-state index contributed by atoms with van der Waals surface area (Å²) < 4.78 is 0. The van der Waals surface area contributed by atoms with Crippen LogP contribution in [0.2, 0.25) is 5.02 Å². The zero-order chi connectivity index (χ0) is 22.7. The van der Waals surface area contributed by atoms with Crippen molar-refractivity contribution in [2.24, 2.45) is 0 Å². The summed E-state index contributed by atoms with van der Waals surface area (Å²) in [5.41, 5.74) is 5.46. The smallest absolute Gasteiger partial charge is 0.253 e. The number of aromatic amines is 1. The number of fused-ring (bicyclic) bond motifs is 1. The van der Waals surface area contributed by atoms with Crippen molar-refractivity contribution in [1.29, 1.82) is 0 Å². The Morgan fingerprint density at radius 2 is 1.91 bits per heavy atom.